The number of thiophene rings is 1. The van der Waals surface area contributed by atoms with Crippen LogP contribution in [0, 0.1) is 21.7 Å². The number of carbonyl (C=O) groups is 2. The highest BCUT2D eigenvalue weighted by Crippen LogP contribution is 2.45. The van der Waals surface area contributed by atoms with Gasteiger partial charge in [-0.1, -0.05) is 41.3 Å². The van der Waals surface area contributed by atoms with Crippen LogP contribution in [0.5, 0.6) is 0 Å². The number of nitrogens with zero attached hydrogens (tertiary/aromatic N) is 2. The molecular weight excluding hydrogens is 598 g/mol. The summed E-state index contributed by atoms with van der Waals surface area (Å²) < 4.78 is 39.4. The zero-order valence-corrected chi connectivity index (χ0v) is 23.8. The molecule has 0 atom stereocenters. The van der Waals surface area contributed by atoms with Crippen LogP contribution < -0.4 is 4.90 Å². The smallest absolute Gasteiger partial charge is 0.415 e. The van der Waals surface area contributed by atoms with Gasteiger partial charge in [0.05, 0.1) is 30.2 Å². The number of hydrogen-bond acceptors (Lipinski definition) is 7. The molecule has 2 aromatic carbocycles. The molecule has 1 aliphatic rings. The number of alkyl halides is 1. The summed E-state index contributed by atoms with van der Waals surface area (Å²) in [7, 11) is 0. The van der Waals surface area contributed by atoms with E-state index in [2.05, 4.69) is 15.9 Å². The third-order valence-corrected chi connectivity index (χ3v) is 7.27. The molecule has 0 N–H and O–H groups in total. The minimum absolute atomic E-state index is 0.0181. The second-order valence-electron chi connectivity index (χ2n) is 8.29. The third-order valence-electron chi connectivity index (χ3n) is 5.41. The van der Waals surface area contributed by atoms with E-state index in [9.17, 15) is 28.5 Å². The van der Waals surface area contributed by atoms with Crippen LogP contribution in [0.3, 0.4) is 0 Å². The van der Waals surface area contributed by atoms with Gasteiger partial charge in [-0.15, -0.1) is 11.3 Å². The molecule has 1 fully saturated rings. The van der Waals surface area contributed by atoms with E-state index >= 15 is 0 Å². The molecule has 12 heteroatoms. The van der Waals surface area contributed by atoms with Crippen molar-refractivity contribution in [3.63, 3.8) is 0 Å². The molecule has 208 valence electrons. The molecule has 3 aromatic rings. The van der Waals surface area contributed by atoms with E-state index in [1.54, 1.807) is 13.8 Å². The lowest BCUT2D eigenvalue weighted by molar-refractivity contribution is -0.384. The molecule has 0 spiro atoms. The van der Waals surface area contributed by atoms with Gasteiger partial charge in [-0.25, -0.2) is 18.4 Å². The molecule has 39 heavy (non-hydrogen) atoms. The Morgan fingerprint density at radius 3 is 2.08 bits per heavy atom. The van der Waals surface area contributed by atoms with E-state index in [0.717, 1.165) is 28.4 Å². The quantitative estimate of drug-likeness (QED) is 0.103. The first kappa shape index (κ1) is 30.2. The van der Waals surface area contributed by atoms with E-state index in [1.165, 1.54) is 49.6 Å². The maximum Gasteiger partial charge on any atom is 0.415 e. The summed E-state index contributed by atoms with van der Waals surface area (Å²) in [6, 6.07) is 8.99. The minimum atomic E-state index is -0.914. The summed E-state index contributed by atoms with van der Waals surface area (Å²) in [5, 5.41) is 11.3. The van der Waals surface area contributed by atoms with Crippen LogP contribution in [0.4, 0.5) is 24.3 Å². The summed E-state index contributed by atoms with van der Waals surface area (Å²) in [6.07, 6.45) is 3.59. The molecule has 0 radical (unpaired) electrons. The zero-order chi connectivity index (χ0) is 28.5. The molecule has 0 unspecified atom stereocenters. The van der Waals surface area contributed by atoms with E-state index in [-0.39, 0.29) is 40.4 Å². The van der Waals surface area contributed by atoms with Gasteiger partial charge in [-0.3, -0.25) is 15.0 Å². The van der Waals surface area contributed by atoms with Crippen LogP contribution in [0.1, 0.15) is 54.6 Å². The number of halogens is 3. The van der Waals surface area contributed by atoms with Gasteiger partial charge >= 0.3 is 12.1 Å². The monoisotopic (exact) mass is 624 g/mol. The molecule has 0 saturated heterocycles. The van der Waals surface area contributed by atoms with Crippen molar-refractivity contribution < 1.29 is 32.8 Å². The molecular formula is C27H27BrF2N2O6S. The number of non-ortho nitro benzene ring substituents is 1. The van der Waals surface area contributed by atoms with E-state index in [0.29, 0.717) is 16.0 Å². The number of hydrogen-bond donors (Lipinski definition) is 0. The number of amides is 1. The Morgan fingerprint density at radius 1 is 1.00 bits per heavy atom. The lowest BCUT2D eigenvalue weighted by atomic mass is 10.1. The number of anilines is 1. The Balaban J connectivity index is 0.00000131. The second kappa shape index (κ2) is 14.1. The van der Waals surface area contributed by atoms with Gasteiger partial charge in [0.15, 0.2) is 0 Å². The largest absolute Gasteiger partial charge is 0.462 e. The summed E-state index contributed by atoms with van der Waals surface area (Å²) in [6.45, 7) is 2.67. The van der Waals surface area contributed by atoms with Gasteiger partial charge in [-0.2, -0.15) is 0 Å². The topological polar surface area (TPSA) is 99.0 Å². The Labute approximate surface area is 236 Å². The molecule has 8 nitrogen and oxygen atoms in total. The second-order valence-corrected chi connectivity index (χ2v) is 9.85. The molecule has 1 saturated carbocycles. The lowest BCUT2D eigenvalue weighted by Crippen LogP contribution is -2.32. The molecule has 1 amide bonds. The van der Waals surface area contributed by atoms with Gasteiger partial charge in [0, 0.05) is 27.9 Å². The molecule has 1 aromatic heterocycles. The third kappa shape index (κ3) is 7.60. The first-order valence-corrected chi connectivity index (χ1v) is 14.2. The zero-order valence-electron chi connectivity index (χ0n) is 21.4. The van der Waals surface area contributed by atoms with Gasteiger partial charge in [0.25, 0.3) is 5.69 Å². The maximum absolute atomic E-state index is 14.5. The first-order chi connectivity index (χ1) is 18.7. The highest BCUT2D eigenvalue weighted by Gasteiger charge is 2.32. The van der Waals surface area contributed by atoms with Crippen molar-refractivity contribution in [1.82, 2.24) is 0 Å². The maximum atomic E-state index is 14.5. The Hall–Kier alpha value is -3.38. The molecule has 0 aliphatic heterocycles. The van der Waals surface area contributed by atoms with Gasteiger partial charge < -0.3 is 9.47 Å². The van der Waals surface area contributed by atoms with Crippen molar-refractivity contribution in [3.8, 4) is 10.4 Å². The van der Waals surface area contributed by atoms with Gasteiger partial charge in [-0.05, 0) is 49.2 Å². The highest BCUT2D eigenvalue weighted by molar-refractivity contribution is 9.08. The normalized spacial score (nSPS) is 11.7. The van der Waals surface area contributed by atoms with Crippen molar-refractivity contribution in [2.75, 3.05) is 18.1 Å². The summed E-state index contributed by atoms with van der Waals surface area (Å²) >= 11 is 4.37. The lowest BCUT2D eigenvalue weighted by Gasteiger charge is -2.22. The fourth-order valence-electron chi connectivity index (χ4n) is 3.41. The van der Waals surface area contributed by atoms with E-state index < -0.39 is 35.2 Å². The van der Waals surface area contributed by atoms with Crippen LogP contribution in [0.15, 0.2) is 42.5 Å². The number of rotatable bonds is 9. The summed E-state index contributed by atoms with van der Waals surface area (Å²) in [5.74, 6) is -2.47. The Bertz CT molecular complexity index is 1310. The molecule has 4 rings (SSSR count). The van der Waals surface area contributed by atoms with E-state index in [4.69, 9.17) is 9.47 Å². The van der Waals surface area contributed by atoms with Gasteiger partial charge in [0.1, 0.15) is 16.6 Å². The van der Waals surface area contributed by atoms with Crippen molar-refractivity contribution >= 4 is 50.0 Å². The summed E-state index contributed by atoms with van der Waals surface area (Å²) in [4.78, 5) is 38.1. The van der Waals surface area contributed by atoms with Crippen LogP contribution in [-0.4, -0.2) is 30.2 Å². The fourth-order valence-corrected chi connectivity index (χ4v) is 5.46. The predicted octanol–water partition coefficient (Wildman–Crippen LogP) is 8.01. The van der Waals surface area contributed by atoms with Crippen LogP contribution in [0.25, 0.3) is 10.4 Å². The van der Waals surface area contributed by atoms with Crippen molar-refractivity contribution in [3.05, 3.63) is 80.9 Å². The molecule has 1 aliphatic carbocycles. The Morgan fingerprint density at radius 2 is 1.59 bits per heavy atom. The number of benzene rings is 2. The number of nitro benzene ring substituents is 1. The van der Waals surface area contributed by atoms with Crippen molar-refractivity contribution in [1.29, 1.82) is 0 Å². The summed E-state index contributed by atoms with van der Waals surface area (Å²) in [5.41, 5.74) is 0.510. The highest BCUT2D eigenvalue weighted by atomic mass is 79.9. The van der Waals surface area contributed by atoms with Gasteiger partial charge in [0.2, 0.25) is 0 Å². The number of carbonyl (C=O) groups excluding carboxylic acids is 2. The first-order valence-electron chi connectivity index (χ1n) is 12.2. The van der Waals surface area contributed by atoms with Crippen molar-refractivity contribution in [2.24, 2.45) is 0 Å². The number of esters is 1. The molecule has 0 bridgehead atoms. The minimum Gasteiger partial charge on any atom is -0.462 e. The number of ether oxygens (including phenoxy) is 2. The van der Waals surface area contributed by atoms with Crippen LogP contribution >= 0.6 is 27.3 Å². The Kier molecular flexibility index (Phi) is 10.9. The fraction of sp³-hybridized carbons (Fsp3) is 0.333. The SMILES string of the molecule is C1CC1.CCOC(=O)c1c(N(Cc2c(F)cccc2F)C(=O)OCC)sc(-c2ccc([N+](=O)[O-])cc2)c1CBr. The number of nitro groups is 1. The van der Waals surface area contributed by atoms with Crippen molar-refractivity contribution in [2.45, 2.75) is 45.0 Å². The predicted molar refractivity (Wildman–Crippen MR) is 148 cm³/mol. The average Bonchev–Trinajstić information content (AvgIpc) is 3.75. The average molecular weight is 625 g/mol. The van der Waals surface area contributed by atoms with Crippen LogP contribution in [0.2, 0.25) is 0 Å². The van der Waals surface area contributed by atoms with E-state index in [1.807, 2.05) is 0 Å². The molecule has 1 heterocycles. The standard InChI is InChI=1S/C24H21BrF2N2O6S.C3H6/c1-3-34-23(30)20-16(12-25)21(14-8-10-15(11-9-14)29(32)33)36-22(20)28(24(31)35-4-2)13-17-18(26)6-5-7-19(17)27;1-2-3-1/h5-11H,3-4,12-13H2,1-2H3;1-3H2. The van der Waals surface area contributed by atoms with Crippen LogP contribution in [-0.2, 0) is 21.3 Å².